The summed E-state index contributed by atoms with van der Waals surface area (Å²) in [6, 6.07) is 6.44. The Bertz CT molecular complexity index is 650. The second-order valence-corrected chi connectivity index (χ2v) is 5.95. The molecule has 2 rings (SSSR count). The average molecular weight is 280 g/mol. The maximum absolute atomic E-state index is 12.0. The molecule has 6 nitrogen and oxygen atoms in total. The van der Waals surface area contributed by atoms with Crippen LogP contribution in [0.2, 0.25) is 0 Å². The van der Waals surface area contributed by atoms with Gasteiger partial charge in [0.15, 0.2) is 0 Å². The number of sulfonamides is 1. The molecule has 0 amide bonds. The van der Waals surface area contributed by atoms with E-state index in [1.165, 1.54) is 6.07 Å². The molecule has 0 atom stereocenters. The van der Waals surface area contributed by atoms with E-state index >= 15 is 0 Å². The van der Waals surface area contributed by atoms with Gasteiger partial charge in [-0.15, -0.1) is 0 Å². The maximum atomic E-state index is 12.0. The fraction of sp³-hybridized carbons (Fsp3) is 0.250. The van der Waals surface area contributed by atoms with Crippen molar-refractivity contribution in [2.45, 2.75) is 18.4 Å². The first-order valence-electron chi connectivity index (χ1n) is 5.82. The Balaban J connectivity index is 2.03. The summed E-state index contributed by atoms with van der Waals surface area (Å²) in [5.74, 6) is 0. The van der Waals surface area contributed by atoms with Crippen molar-refractivity contribution in [3.63, 3.8) is 0 Å². The van der Waals surface area contributed by atoms with E-state index < -0.39 is 10.0 Å². The fourth-order valence-corrected chi connectivity index (χ4v) is 2.73. The highest BCUT2D eigenvalue weighted by atomic mass is 32.2. The van der Waals surface area contributed by atoms with E-state index in [0.29, 0.717) is 12.2 Å². The van der Waals surface area contributed by atoms with Crippen LogP contribution in [0.5, 0.6) is 0 Å². The summed E-state index contributed by atoms with van der Waals surface area (Å²) in [5, 5.41) is 4.00. The molecule has 1 aromatic carbocycles. The van der Waals surface area contributed by atoms with Crippen LogP contribution in [0.4, 0.5) is 5.69 Å². The number of rotatable bonds is 5. The summed E-state index contributed by atoms with van der Waals surface area (Å²) in [4.78, 5) is 0.222. The molecular formula is C12H16N4O2S. The SMILES string of the molecule is Cc1cc(S(=O)(=O)NCCn2cccn2)ccc1N. The topological polar surface area (TPSA) is 90.0 Å². The molecule has 0 unspecified atom stereocenters. The number of aryl methyl sites for hydroxylation is 1. The van der Waals surface area contributed by atoms with Gasteiger partial charge in [-0.2, -0.15) is 5.10 Å². The quantitative estimate of drug-likeness (QED) is 0.791. The smallest absolute Gasteiger partial charge is 0.240 e. The van der Waals surface area contributed by atoms with Crippen molar-refractivity contribution in [2.75, 3.05) is 12.3 Å². The van der Waals surface area contributed by atoms with Gasteiger partial charge in [0, 0.05) is 24.6 Å². The highest BCUT2D eigenvalue weighted by molar-refractivity contribution is 7.89. The minimum atomic E-state index is -3.50. The summed E-state index contributed by atoms with van der Waals surface area (Å²) in [7, 11) is -3.50. The Hall–Kier alpha value is -1.86. The first-order chi connectivity index (χ1) is 8.99. The Labute approximate surface area is 112 Å². The molecule has 0 aliphatic rings. The van der Waals surface area contributed by atoms with Crippen molar-refractivity contribution >= 4 is 15.7 Å². The molecule has 3 N–H and O–H groups in total. The molecule has 0 bridgehead atoms. The molecule has 1 heterocycles. The molecule has 102 valence electrons. The number of hydrogen-bond donors (Lipinski definition) is 2. The number of benzene rings is 1. The van der Waals surface area contributed by atoms with Crippen LogP contribution >= 0.6 is 0 Å². The van der Waals surface area contributed by atoms with E-state index in [1.807, 2.05) is 0 Å². The van der Waals surface area contributed by atoms with Crippen LogP contribution in [0.1, 0.15) is 5.56 Å². The van der Waals surface area contributed by atoms with Crippen molar-refractivity contribution in [1.29, 1.82) is 0 Å². The van der Waals surface area contributed by atoms with Gasteiger partial charge in [0.2, 0.25) is 10.0 Å². The average Bonchev–Trinajstić information content (AvgIpc) is 2.85. The number of hydrogen-bond acceptors (Lipinski definition) is 4. The summed E-state index contributed by atoms with van der Waals surface area (Å²) in [6.07, 6.45) is 3.43. The molecule has 0 saturated heterocycles. The Kier molecular flexibility index (Phi) is 3.87. The Morgan fingerprint density at radius 2 is 2.21 bits per heavy atom. The maximum Gasteiger partial charge on any atom is 0.240 e. The zero-order valence-corrected chi connectivity index (χ0v) is 11.4. The summed E-state index contributed by atoms with van der Waals surface area (Å²) >= 11 is 0. The molecule has 0 aliphatic carbocycles. The van der Waals surface area contributed by atoms with Crippen molar-refractivity contribution in [2.24, 2.45) is 0 Å². The van der Waals surface area contributed by atoms with Crippen molar-refractivity contribution in [3.8, 4) is 0 Å². The van der Waals surface area contributed by atoms with Crippen molar-refractivity contribution in [1.82, 2.24) is 14.5 Å². The highest BCUT2D eigenvalue weighted by Crippen LogP contribution is 2.16. The lowest BCUT2D eigenvalue weighted by Gasteiger charge is -2.08. The van der Waals surface area contributed by atoms with E-state index in [-0.39, 0.29) is 11.4 Å². The van der Waals surface area contributed by atoms with Crippen molar-refractivity contribution in [3.05, 3.63) is 42.2 Å². The van der Waals surface area contributed by atoms with Gasteiger partial charge in [0.05, 0.1) is 11.4 Å². The van der Waals surface area contributed by atoms with Gasteiger partial charge in [-0.1, -0.05) is 0 Å². The second-order valence-electron chi connectivity index (χ2n) is 4.19. The van der Waals surface area contributed by atoms with E-state index in [4.69, 9.17) is 5.73 Å². The van der Waals surface area contributed by atoms with E-state index in [0.717, 1.165) is 5.56 Å². The van der Waals surface area contributed by atoms with Crippen LogP contribution in [0, 0.1) is 6.92 Å². The zero-order chi connectivity index (χ0) is 13.9. The number of nitrogen functional groups attached to an aromatic ring is 1. The van der Waals surface area contributed by atoms with Gasteiger partial charge in [-0.05, 0) is 36.8 Å². The monoisotopic (exact) mass is 280 g/mol. The zero-order valence-electron chi connectivity index (χ0n) is 10.6. The van der Waals surface area contributed by atoms with Gasteiger partial charge in [0.1, 0.15) is 0 Å². The predicted octanol–water partition coefficient (Wildman–Crippen LogP) is 0.752. The van der Waals surface area contributed by atoms with E-state index in [9.17, 15) is 8.42 Å². The lowest BCUT2D eigenvalue weighted by atomic mass is 10.2. The minimum absolute atomic E-state index is 0.222. The Morgan fingerprint density at radius 1 is 1.42 bits per heavy atom. The molecule has 0 radical (unpaired) electrons. The normalized spacial score (nSPS) is 11.6. The molecular weight excluding hydrogens is 264 g/mol. The van der Waals surface area contributed by atoms with Crippen LogP contribution in [-0.4, -0.2) is 24.7 Å². The minimum Gasteiger partial charge on any atom is -0.399 e. The summed E-state index contributed by atoms with van der Waals surface area (Å²) in [6.45, 7) is 2.55. The lowest BCUT2D eigenvalue weighted by molar-refractivity contribution is 0.561. The third-order valence-electron chi connectivity index (χ3n) is 2.74. The van der Waals surface area contributed by atoms with Gasteiger partial charge >= 0.3 is 0 Å². The van der Waals surface area contributed by atoms with Crippen LogP contribution < -0.4 is 10.5 Å². The molecule has 7 heteroatoms. The molecule has 19 heavy (non-hydrogen) atoms. The molecule has 1 aromatic heterocycles. The molecule has 0 aliphatic heterocycles. The molecule has 2 aromatic rings. The second kappa shape index (κ2) is 5.41. The van der Waals surface area contributed by atoms with Crippen LogP contribution in [0.15, 0.2) is 41.6 Å². The lowest BCUT2D eigenvalue weighted by Crippen LogP contribution is -2.27. The van der Waals surface area contributed by atoms with Crippen LogP contribution in [-0.2, 0) is 16.6 Å². The number of nitrogens with one attached hydrogen (secondary N) is 1. The Morgan fingerprint density at radius 3 is 2.84 bits per heavy atom. The number of nitrogens with zero attached hydrogens (tertiary/aromatic N) is 2. The predicted molar refractivity (Wildman–Crippen MR) is 73.0 cm³/mol. The number of nitrogens with two attached hydrogens (primary N) is 1. The van der Waals surface area contributed by atoms with E-state index in [1.54, 1.807) is 42.2 Å². The van der Waals surface area contributed by atoms with Gasteiger partial charge in [0.25, 0.3) is 0 Å². The number of aromatic nitrogens is 2. The largest absolute Gasteiger partial charge is 0.399 e. The van der Waals surface area contributed by atoms with Gasteiger partial charge < -0.3 is 5.73 Å². The fourth-order valence-electron chi connectivity index (χ4n) is 1.63. The first kappa shape index (κ1) is 13.6. The third-order valence-corrected chi connectivity index (χ3v) is 4.20. The third kappa shape index (κ3) is 3.33. The molecule has 0 saturated carbocycles. The van der Waals surface area contributed by atoms with E-state index in [2.05, 4.69) is 9.82 Å². The molecule has 0 fully saturated rings. The number of anilines is 1. The highest BCUT2D eigenvalue weighted by Gasteiger charge is 2.13. The standard InChI is InChI=1S/C12H16N4O2S/c1-10-9-11(3-4-12(10)13)19(17,18)15-6-8-16-7-2-5-14-16/h2-5,7,9,15H,6,8,13H2,1H3. The van der Waals surface area contributed by atoms with Gasteiger partial charge in [-0.3, -0.25) is 4.68 Å². The molecule has 0 spiro atoms. The van der Waals surface area contributed by atoms with Crippen molar-refractivity contribution < 1.29 is 8.42 Å². The summed E-state index contributed by atoms with van der Waals surface area (Å²) in [5.41, 5.74) is 6.99. The van der Waals surface area contributed by atoms with Gasteiger partial charge in [-0.25, -0.2) is 13.1 Å². The summed E-state index contributed by atoms with van der Waals surface area (Å²) < 4.78 is 28.3. The van der Waals surface area contributed by atoms with Crippen LogP contribution in [0.25, 0.3) is 0 Å². The first-order valence-corrected chi connectivity index (χ1v) is 7.30. The van der Waals surface area contributed by atoms with Crippen LogP contribution in [0.3, 0.4) is 0 Å².